The number of rotatable bonds is 3. The van der Waals surface area contributed by atoms with Crippen molar-refractivity contribution in [2.24, 2.45) is 10.7 Å². The lowest BCUT2D eigenvalue weighted by atomic mass is 9.78. The summed E-state index contributed by atoms with van der Waals surface area (Å²) >= 11 is 0. The van der Waals surface area contributed by atoms with E-state index < -0.39 is 5.54 Å². The van der Waals surface area contributed by atoms with Crippen molar-refractivity contribution in [1.29, 1.82) is 0 Å². The topological polar surface area (TPSA) is 77.2 Å². The Hall–Kier alpha value is -3.80. The number of carbonyl (C=O) groups excluding carboxylic acids is 1. The van der Waals surface area contributed by atoms with Crippen LogP contribution in [0.4, 0.5) is 0 Å². The molecule has 0 fully saturated rings. The van der Waals surface area contributed by atoms with E-state index in [0.717, 1.165) is 33.8 Å². The summed E-state index contributed by atoms with van der Waals surface area (Å²) in [6.45, 7) is 0.236. The van der Waals surface area contributed by atoms with Gasteiger partial charge in [-0.1, -0.05) is 54.6 Å². The number of amides is 1. The third-order valence-electron chi connectivity index (χ3n) is 5.73. The van der Waals surface area contributed by atoms with E-state index in [0.29, 0.717) is 0 Å². The van der Waals surface area contributed by atoms with Crippen molar-refractivity contribution in [2.45, 2.75) is 12.0 Å². The second kappa shape index (κ2) is 6.91. The van der Waals surface area contributed by atoms with Gasteiger partial charge >= 0.3 is 0 Å². The highest BCUT2D eigenvalue weighted by atomic mass is 16.7. The molecule has 0 spiro atoms. The predicted molar refractivity (Wildman–Crippen MR) is 114 cm³/mol. The Balaban J connectivity index is 1.66. The summed E-state index contributed by atoms with van der Waals surface area (Å²) in [6, 6.07) is 23.8. The molecule has 1 unspecified atom stereocenters. The maximum Gasteiger partial charge on any atom is 0.232 e. The van der Waals surface area contributed by atoms with Gasteiger partial charge in [0.05, 0.1) is 6.42 Å². The Morgan fingerprint density at radius 1 is 0.900 bits per heavy atom. The minimum Gasteiger partial charge on any atom is -0.454 e. The van der Waals surface area contributed by atoms with Gasteiger partial charge in [-0.15, -0.1) is 0 Å². The molecular formula is C24H21N3O3. The maximum atomic E-state index is 12.8. The van der Waals surface area contributed by atoms with E-state index in [1.807, 2.05) is 66.7 Å². The van der Waals surface area contributed by atoms with Gasteiger partial charge in [0, 0.05) is 7.05 Å². The molecule has 3 aromatic rings. The van der Waals surface area contributed by atoms with Gasteiger partial charge in [-0.3, -0.25) is 9.69 Å². The number of nitrogens with zero attached hydrogens (tertiary/aromatic N) is 2. The van der Waals surface area contributed by atoms with E-state index in [9.17, 15) is 4.79 Å². The van der Waals surface area contributed by atoms with Crippen molar-refractivity contribution in [2.75, 3.05) is 13.8 Å². The lowest BCUT2D eigenvalue weighted by Gasteiger charge is -2.37. The van der Waals surface area contributed by atoms with Crippen LogP contribution in [0, 0.1) is 0 Å². The molecule has 0 bridgehead atoms. The standard InChI is InChI=1S/C24H21N3O3/c1-27-22(28)14-24(26-23(27)25,18-7-3-2-4-8-18)19-9-5-6-16(12-19)17-10-11-20-21(13-17)30-15-29-20/h2-13H,14-15H2,1H3,(H2,25,26). The predicted octanol–water partition coefficient (Wildman–Crippen LogP) is 3.50. The molecule has 2 heterocycles. The van der Waals surface area contributed by atoms with Gasteiger partial charge in [0.25, 0.3) is 0 Å². The van der Waals surface area contributed by atoms with E-state index >= 15 is 0 Å². The quantitative estimate of drug-likeness (QED) is 0.731. The Kier molecular flexibility index (Phi) is 4.20. The second-order valence-corrected chi connectivity index (χ2v) is 7.47. The van der Waals surface area contributed by atoms with Crippen LogP contribution in [0.25, 0.3) is 11.1 Å². The van der Waals surface area contributed by atoms with Crippen LogP contribution in [0.3, 0.4) is 0 Å². The fourth-order valence-electron chi connectivity index (χ4n) is 4.02. The normalized spacial score (nSPS) is 20.2. The zero-order valence-electron chi connectivity index (χ0n) is 16.5. The van der Waals surface area contributed by atoms with Gasteiger partial charge in [-0.05, 0) is 40.5 Å². The van der Waals surface area contributed by atoms with E-state index in [4.69, 9.17) is 20.2 Å². The molecule has 1 atom stereocenters. The van der Waals surface area contributed by atoms with E-state index in [1.165, 1.54) is 4.90 Å². The molecule has 5 rings (SSSR count). The highest BCUT2D eigenvalue weighted by Gasteiger charge is 2.41. The van der Waals surface area contributed by atoms with Crippen LogP contribution in [-0.4, -0.2) is 30.6 Å². The maximum absolute atomic E-state index is 12.8. The van der Waals surface area contributed by atoms with Gasteiger partial charge in [0.15, 0.2) is 17.5 Å². The number of ether oxygens (including phenoxy) is 2. The van der Waals surface area contributed by atoms with E-state index in [2.05, 4.69) is 6.07 Å². The third kappa shape index (κ3) is 2.88. The molecule has 1 amide bonds. The van der Waals surface area contributed by atoms with Crippen LogP contribution in [0.5, 0.6) is 11.5 Å². The first kappa shape index (κ1) is 18.2. The van der Waals surface area contributed by atoms with Crippen molar-refractivity contribution in [3.8, 4) is 22.6 Å². The van der Waals surface area contributed by atoms with Gasteiger partial charge in [0.1, 0.15) is 5.54 Å². The summed E-state index contributed by atoms with van der Waals surface area (Å²) < 4.78 is 10.9. The number of aliphatic imine (C=N–C) groups is 1. The summed E-state index contributed by atoms with van der Waals surface area (Å²) in [6.07, 6.45) is 0.207. The fourth-order valence-corrected chi connectivity index (χ4v) is 4.02. The molecular weight excluding hydrogens is 378 g/mol. The Labute approximate surface area is 174 Å². The average molecular weight is 399 g/mol. The zero-order chi connectivity index (χ0) is 20.7. The minimum absolute atomic E-state index is 0.0696. The summed E-state index contributed by atoms with van der Waals surface area (Å²) in [5.74, 6) is 1.62. The van der Waals surface area contributed by atoms with Gasteiger partial charge < -0.3 is 15.2 Å². The molecule has 0 radical (unpaired) electrons. The van der Waals surface area contributed by atoms with Crippen molar-refractivity contribution < 1.29 is 14.3 Å². The van der Waals surface area contributed by atoms with E-state index in [-0.39, 0.29) is 25.1 Å². The first-order chi connectivity index (χ1) is 14.6. The number of guanidine groups is 1. The summed E-state index contributed by atoms with van der Waals surface area (Å²) in [5, 5.41) is 0. The molecule has 0 saturated carbocycles. The third-order valence-corrected chi connectivity index (χ3v) is 5.73. The van der Waals surface area contributed by atoms with Crippen LogP contribution >= 0.6 is 0 Å². The van der Waals surface area contributed by atoms with Gasteiger partial charge in [0.2, 0.25) is 12.7 Å². The molecule has 3 aromatic carbocycles. The smallest absolute Gasteiger partial charge is 0.232 e. The van der Waals surface area contributed by atoms with Gasteiger partial charge in [-0.25, -0.2) is 4.99 Å². The van der Waals surface area contributed by atoms with Crippen molar-refractivity contribution in [3.63, 3.8) is 0 Å². The van der Waals surface area contributed by atoms with Gasteiger partial charge in [-0.2, -0.15) is 0 Å². The molecule has 0 saturated heterocycles. The Morgan fingerprint density at radius 2 is 1.63 bits per heavy atom. The highest BCUT2D eigenvalue weighted by Crippen LogP contribution is 2.42. The minimum atomic E-state index is -0.874. The number of hydrogen-bond donors (Lipinski definition) is 1. The number of hydrogen-bond acceptors (Lipinski definition) is 5. The molecule has 6 nitrogen and oxygen atoms in total. The number of fused-ring (bicyclic) bond motifs is 1. The lowest BCUT2D eigenvalue weighted by molar-refractivity contribution is -0.128. The Bertz CT molecular complexity index is 1160. The lowest BCUT2D eigenvalue weighted by Crippen LogP contribution is -2.49. The SMILES string of the molecule is CN1C(=O)CC(c2ccccc2)(c2cccc(-c3ccc4c(c3)OCO4)c2)N=C1N. The van der Waals surface area contributed by atoms with Crippen molar-refractivity contribution in [1.82, 2.24) is 4.90 Å². The Morgan fingerprint density at radius 3 is 2.43 bits per heavy atom. The summed E-state index contributed by atoms with van der Waals surface area (Å²) in [5.41, 5.74) is 9.12. The molecule has 6 heteroatoms. The number of nitrogens with two attached hydrogens (primary N) is 1. The van der Waals surface area contributed by atoms with Crippen LogP contribution in [0.15, 0.2) is 77.8 Å². The molecule has 0 aromatic heterocycles. The van der Waals surface area contributed by atoms with Crippen LogP contribution in [0.2, 0.25) is 0 Å². The number of carbonyl (C=O) groups is 1. The molecule has 2 aliphatic rings. The van der Waals surface area contributed by atoms with E-state index in [1.54, 1.807) is 7.05 Å². The molecule has 150 valence electrons. The van der Waals surface area contributed by atoms with Crippen LogP contribution in [0.1, 0.15) is 17.5 Å². The summed E-state index contributed by atoms with van der Waals surface area (Å²) in [7, 11) is 1.65. The largest absolute Gasteiger partial charge is 0.454 e. The zero-order valence-corrected chi connectivity index (χ0v) is 16.5. The summed E-state index contributed by atoms with van der Waals surface area (Å²) in [4.78, 5) is 19.0. The van der Waals surface area contributed by atoms with Crippen LogP contribution in [-0.2, 0) is 10.3 Å². The molecule has 2 N–H and O–H groups in total. The second-order valence-electron chi connectivity index (χ2n) is 7.47. The highest BCUT2D eigenvalue weighted by molar-refractivity contribution is 5.99. The number of benzene rings is 3. The molecule has 0 aliphatic carbocycles. The monoisotopic (exact) mass is 399 g/mol. The van der Waals surface area contributed by atoms with Crippen molar-refractivity contribution >= 4 is 11.9 Å². The van der Waals surface area contributed by atoms with Crippen LogP contribution < -0.4 is 15.2 Å². The molecule has 2 aliphatic heterocycles. The fraction of sp³-hybridized carbons (Fsp3) is 0.167. The average Bonchev–Trinajstić information content (AvgIpc) is 3.26. The first-order valence-electron chi connectivity index (χ1n) is 9.75. The van der Waals surface area contributed by atoms with Crippen molar-refractivity contribution in [3.05, 3.63) is 83.9 Å². The molecule has 30 heavy (non-hydrogen) atoms. The first-order valence-corrected chi connectivity index (χ1v) is 9.75.